The number of hydrogen-bond acceptors (Lipinski definition) is 4. The minimum Gasteiger partial charge on any atom is -0.465 e. The molecule has 1 N–H and O–H groups in total. The SMILES string of the molecule is O=C1OC2CN(C(=O)O)CC2O1. The van der Waals surface area contributed by atoms with E-state index in [-0.39, 0.29) is 13.1 Å². The fraction of sp³-hybridized carbons (Fsp3) is 0.667. The number of fused-ring (bicyclic) bond motifs is 1. The zero-order chi connectivity index (χ0) is 8.72. The highest BCUT2D eigenvalue weighted by molar-refractivity contribution is 5.67. The monoisotopic (exact) mass is 173 g/mol. The Kier molecular flexibility index (Phi) is 1.36. The maximum absolute atomic E-state index is 10.5. The van der Waals surface area contributed by atoms with Gasteiger partial charge in [0.1, 0.15) is 0 Å². The first-order chi connectivity index (χ1) is 5.66. The highest BCUT2D eigenvalue weighted by atomic mass is 16.8. The summed E-state index contributed by atoms with van der Waals surface area (Å²) < 4.78 is 9.40. The van der Waals surface area contributed by atoms with Crippen LogP contribution in [0.25, 0.3) is 0 Å². The van der Waals surface area contributed by atoms with Crippen molar-refractivity contribution in [2.45, 2.75) is 12.2 Å². The van der Waals surface area contributed by atoms with Crippen LogP contribution < -0.4 is 0 Å². The lowest BCUT2D eigenvalue weighted by atomic mass is 10.3. The second-order valence-corrected chi connectivity index (χ2v) is 2.75. The molecular formula is C6H7NO5. The summed E-state index contributed by atoms with van der Waals surface area (Å²) in [4.78, 5) is 22.1. The Morgan fingerprint density at radius 3 is 2.33 bits per heavy atom. The molecule has 2 fully saturated rings. The molecule has 0 bridgehead atoms. The molecule has 0 radical (unpaired) electrons. The van der Waals surface area contributed by atoms with E-state index in [0.29, 0.717) is 0 Å². The van der Waals surface area contributed by atoms with Crippen molar-refractivity contribution in [3.8, 4) is 0 Å². The van der Waals surface area contributed by atoms with E-state index in [1.807, 2.05) is 0 Å². The minimum absolute atomic E-state index is 0.214. The van der Waals surface area contributed by atoms with Crippen LogP contribution >= 0.6 is 0 Å². The van der Waals surface area contributed by atoms with E-state index < -0.39 is 24.5 Å². The van der Waals surface area contributed by atoms with Gasteiger partial charge in [-0.3, -0.25) is 0 Å². The Bertz CT molecular complexity index is 224. The number of ether oxygens (including phenoxy) is 2. The molecule has 2 unspecified atom stereocenters. The molecule has 2 atom stereocenters. The van der Waals surface area contributed by atoms with Crippen molar-refractivity contribution in [3.63, 3.8) is 0 Å². The molecule has 1 amide bonds. The molecule has 2 saturated heterocycles. The molecule has 0 aromatic carbocycles. The number of carbonyl (C=O) groups excluding carboxylic acids is 1. The van der Waals surface area contributed by atoms with Gasteiger partial charge >= 0.3 is 12.2 Å². The van der Waals surface area contributed by atoms with Crippen molar-refractivity contribution in [2.75, 3.05) is 13.1 Å². The van der Waals surface area contributed by atoms with Crippen LogP contribution in [0.4, 0.5) is 9.59 Å². The van der Waals surface area contributed by atoms with Crippen LogP contribution in [0, 0.1) is 0 Å². The first-order valence-electron chi connectivity index (χ1n) is 3.52. The molecule has 0 spiro atoms. The van der Waals surface area contributed by atoms with Crippen LogP contribution in [-0.4, -0.2) is 47.6 Å². The molecule has 2 heterocycles. The Morgan fingerprint density at radius 2 is 1.92 bits per heavy atom. The predicted octanol–water partition coefficient (Wildman–Crippen LogP) is -0.116. The Labute approximate surface area is 67.7 Å². The zero-order valence-electron chi connectivity index (χ0n) is 6.10. The molecule has 12 heavy (non-hydrogen) atoms. The molecule has 0 aromatic rings. The molecule has 6 heteroatoms. The first kappa shape index (κ1) is 7.20. The number of carboxylic acid groups (broad SMARTS) is 1. The summed E-state index contributed by atoms with van der Waals surface area (Å²) in [7, 11) is 0. The van der Waals surface area contributed by atoms with Gasteiger partial charge < -0.3 is 19.5 Å². The average Bonchev–Trinajstić information content (AvgIpc) is 2.42. The third kappa shape index (κ3) is 0.956. The average molecular weight is 173 g/mol. The number of hydrogen-bond donors (Lipinski definition) is 1. The van der Waals surface area contributed by atoms with E-state index in [4.69, 9.17) is 14.6 Å². The van der Waals surface area contributed by atoms with Gasteiger partial charge in [0.15, 0.2) is 12.2 Å². The summed E-state index contributed by atoms with van der Waals surface area (Å²) in [6.07, 6.45) is -2.53. The molecule has 0 aromatic heterocycles. The molecule has 0 saturated carbocycles. The zero-order valence-corrected chi connectivity index (χ0v) is 6.10. The topological polar surface area (TPSA) is 76.1 Å². The van der Waals surface area contributed by atoms with Crippen molar-refractivity contribution in [1.29, 1.82) is 0 Å². The normalized spacial score (nSPS) is 32.7. The molecule has 2 rings (SSSR count). The summed E-state index contributed by atoms with van der Waals surface area (Å²) in [5, 5.41) is 8.56. The van der Waals surface area contributed by atoms with Gasteiger partial charge in [0, 0.05) is 0 Å². The highest BCUT2D eigenvalue weighted by Gasteiger charge is 2.45. The highest BCUT2D eigenvalue weighted by Crippen LogP contribution is 2.23. The lowest BCUT2D eigenvalue weighted by molar-refractivity contribution is 0.0914. The van der Waals surface area contributed by atoms with Crippen molar-refractivity contribution < 1.29 is 24.2 Å². The van der Waals surface area contributed by atoms with Gasteiger partial charge in [0.2, 0.25) is 0 Å². The van der Waals surface area contributed by atoms with E-state index in [1.54, 1.807) is 0 Å². The number of nitrogens with zero attached hydrogens (tertiary/aromatic N) is 1. The second kappa shape index (κ2) is 2.26. The third-order valence-electron chi connectivity index (χ3n) is 1.98. The second-order valence-electron chi connectivity index (χ2n) is 2.75. The quantitative estimate of drug-likeness (QED) is 0.517. The Balaban J connectivity index is 2.02. The van der Waals surface area contributed by atoms with E-state index in [1.165, 1.54) is 4.90 Å². The van der Waals surface area contributed by atoms with Crippen molar-refractivity contribution in [2.24, 2.45) is 0 Å². The van der Waals surface area contributed by atoms with E-state index in [9.17, 15) is 9.59 Å². The third-order valence-corrected chi connectivity index (χ3v) is 1.98. The van der Waals surface area contributed by atoms with Gasteiger partial charge in [-0.05, 0) is 0 Å². The van der Waals surface area contributed by atoms with Gasteiger partial charge in [0.05, 0.1) is 13.1 Å². The van der Waals surface area contributed by atoms with Gasteiger partial charge in [-0.1, -0.05) is 0 Å². The molecular weight excluding hydrogens is 166 g/mol. The number of carbonyl (C=O) groups is 2. The van der Waals surface area contributed by atoms with E-state index in [0.717, 1.165) is 0 Å². The van der Waals surface area contributed by atoms with Crippen molar-refractivity contribution in [1.82, 2.24) is 4.90 Å². The predicted molar refractivity (Wildman–Crippen MR) is 34.7 cm³/mol. The van der Waals surface area contributed by atoms with Gasteiger partial charge in [-0.25, -0.2) is 9.59 Å². The maximum atomic E-state index is 10.5. The molecule has 0 aliphatic carbocycles. The van der Waals surface area contributed by atoms with Crippen LogP contribution in [-0.2, 0) is 9.47 Å². The summed E-state index contributed by atoms with van der Waals surface area (Å²) in [5.74, 6) is 0. The van der Waals surface area contributed by atoms with E-state index in [2.05, 4.69) is 0 Å². The fourth-order valence-corrected chi connectivity index (χ4v) is 1.40. The summed E-state index contributed by atoms with van der Waals surface area (Å²) >= 11 is 0. The van der Waals surface area contributed by atoms with Crippen LogP contribution in [0.2, 0.25) is 0 Å². The van der Waals surface area contributed by atoms with Crippen LogP contribution in [0.15, 0.2) is 0 Å². The maximum Gasteiger partial charge on any atom is 0.509 e. The van der Waals surface area contributed by atoms with Gasteiger partial charge in [-0.15, -0.1) is 0 Å². The van der Waals surface area contributed by atoms with Gasteiger partial charge in [-0.2, -0.15) is 0 Å². The lowest BCUT2D eigenvalue weighted by Gasteiger charge is -2.10. The smallest absolute Gasteiger partial charge is 0.465 e. The Hall–Kier alpha value is -1.46. The van der Waals surface area contributed by atoms with E-state index >= 15 is 0 Å². The lowest BCUT2D eigenvalue weighted by Crippen LogP contribution is -2.29. The van der Waals surface area contributed by atoms with Crippen LogP contribution in [0.5, 0.6) is 0 Å². The van der Waals surface area contributed by atoms with Crippen LogP contribution in [0.1, 0.15) is 0 Å². The fourth-order valence-electron chi connectivity index (χ4n) is 1.40. The molecule has 66 valence electrons. The standard InChI is InChI=1S/C6H7NO5/c8-5(9)7-1-3-4(2-7)12-6(10)11-3/h3-4H,1-2H2,(H,8,9). The summed E-state index contributed by atoms with van der Waals surface area (Å²) in [6.45, 7) is 0.428. The summed E-state index contributed by atoms with van der Waals surface area (Å²) in [6, 6.07) is 0. The first-order valence-corrected chi connectivity index (χ1v) is 3.52. The van der Waals surface area contributed by atoms with Crippen LogP contribution in [0.3, 0.4) is 0 Å². The number of rotatable bonds is 0. The minimum atomic E-state index is -1.01. The number of likely N-dealkylation sites (tertiary alicyclic amines) is 1. The van der Waals surface area contributed by atoms with Crippen molar-refractivity contribution in [3.05, 3.63) is 0 Å². The largest absolute Gasteiger partial charge is 0.509 e. The van der Waals surface area contributed by atoms with Crippen molar-refractivity contribution >= 4 is 12.2 Å². The molecule has 2 aliphatic rings. The Morgan fingerprint density at radius 1 is 1.42 bits per heavy atom. The summed E-state index contributed by atoms with van der Waals surface area (Å²) in [5.41, 5.74) is 0. The molecule has 6 nitrogen and oxygen atoms in total. The van der Waals surface area contributed by atoms with Gasteiger partial charge in [0.25, 0.3) is 0 Å². The molecule has 2 aliphatic heterocycles. The number of amides is 1.